The van der Waals surface area contributed by atoms with Crippen molar-refractivity contribution in [1.29, 1.82) is 5.26 Å². The lowest BCUT2D eigenvalue weighted by Gasteiger charge is -2.21. The van der Waals surface area contributed by atoms with E-state index in [0.717, 1.165) is 16.9 Å². The largest absolute Gasteiger partial charge is 0.345 e. The smallest absolute Gasteiger partial charge is 0.270 e. The first-order valence-electron chi connectivity index (χ1n) is 10.9. The summed E-state index contributed by atoms with van der Waals surface area (Å²) in [6.45, 7) is 7.71. The van der Waals surface area contributed by atoms with Crippen molar-refractivity contribution in [2.45, 2.75) is 17.7 Å². The molecule has 0 aliphatic carbocycles. The molecule has 1 N–H and O–H groups in total. The Labute approximate surface area is 210 Å². The quantitative estimate of drug-likeness (QED) is 0.343. The molecule has 2 aromatic carbocycles. The molecule has 8 nitrogen and oxygen atoms in total. The van der Waals surface area contributed by atoms with Crippen molar-refractivity contribution in [2.75, 3.05) is 17.2 Å². The number of sulfone groups is 1. The second-order valence-electron chi connectivity index (χ2n) is 8.12. The number of rotatable bonds is 6. The molecule has 4 rings (SSSR count). The third kappa shape index (κ3) is 4.88. The predicted molar refractivity (Wildman–Crippen MR) is 137 cm³/mol. The molecular formula is C26H21N3O5S2. The van der Waals surface area contributed by atoms with E-state index < -0.39 is 20.0 Å². The fourth-order valence-corrected chi connectivity index (χ4v) is 6.52. The molecule has 0 spiro atoms. The lowest BCUT2D eigenvalue weighted by atomic mass is 10.0. The maximum Gasteiger partial charge on any atom is 0.270 e. The second-order valence-corrected chi connectivity index (χ2v) is 11.6. The molecule has 2 aliphatic rings. The molecule has 2 heterocycles. The molecule has 0 fully saturated rings. The number of nitrogens with zero attached hydrogens (tertiary/aromatic N) is 3. The third-order valence-electron chi connectivity index (χ3n) is 5.87. The van der Waals surface area contributed by atoms with Gasteiger partial charge in [-0.05, 0) is 41.8 Å². The predicted octanol–water partition coefficient (Wildman–Crippen LogP) is 4.29. The van der Waals surface area contributed by atoms with E-state index in [0.29, 0.717) is 18.5 Å². The fourth-order valence-electron chi connectivity index (χ4n) is 4.34. The van der Waals surface area contributed by atoms with Crippen LogP contribution in [-0.2, 0) is 26.4 Å². The number of benzene rings is 2. The van der Waals surface area contributed by atoms with Gasteiger partial charge in [-0.15, -0.1) is 0 Å². The highest BCUT2D eigenvalue weighted by molar-refractivity contribution is 7.96. The summed E-state index contributed by atoms with van der Waals surface area (Å²) in [5, 5.41) is 9.42. The molecule has 0 aromatic heterocycles. The number of allylic oxidation sites excluding steroid dienone is 7. The minimum atomic E-state index is -4.06. The van der Waals surface area contributed by atoms with E-state index in [1.54, 1.807) is 36.4 Å². The number of para-hydroxylation sites is 1. The van der Waals surface area contributed by atoms with Crippen molar-refractivity contribution in [3.05, 3.63) is 112 Å². The normalized spacial score (nSPS) is 19.8. The molecule has 36 heavy (non-hydrogen) atoms. The van der Waals surface area contributed by atoms with Gasteiger partial charge in [-0.25, -0.2) is 18.5 Å². The van der Waals surface area contributed by atoms with Crippen LogP contribution < -0.4 is 4.90 Å². The van der Waals surface area contributed by atoms with Crippen LogP contribution >= 0.6 is 0 Å². The maximum absolute atomic E-state index is 13.1. The van der Waals surface area contributed by atoms with Gasteiger partial charge in [-0.2, -0.15) is 8.42 Å². The van der Waals surface area contributed by atoms with Crippen LogP contribution in [0.2, 0.25) is 0 Å². The van der Waals surface area contributed by atoms with Crippen LogP contribution in [0.25, 0.3) is 10.4 Å². The molecule has 0 bridgehead atoms. The number of hydrogen-bond donors (Lipinski definition) is 1. The highest BCUT2D eigenvalue weighted by Gasteiger charge is 2.37. The van der Waals surface area contributed by atoms with Crippen LogP contribution in [-0.4, -0.2) is 33.7 Å². The van der Waals surface area contributed by atoms with Gasteiger partial charge in [-0.3, -0.25) is 4.55 Å². The Morgan fingerprint density at radius 2 is 1.83 bits per heavy atom. The number of anilines is 1. The summed E-state index contributed by atoms with van der Waals surface area (Å²) < 4.78 is 57.6. The Kier molecular flexibility index (Phi) is 6.95. The summed E-state index contributed by atoms with van der Waals surface area (Å²) in [7, 11) is -7.96. The van der Waals surface area contributed by atoms with Gasteiger partial charge in [0.1, 0.15) is 0 Å². The van der Waals surface area contributed by atoms with Crippen LogP contribution in [0.4, 0.5) is 5.69 Å². The van der Waals surface area contributed by atoms with Crippen LogP contribution in [0.1, 0.15) is 17.5 Å². The zero-order valence-electron chi connectivity index (χ0n) is 19.0. The molecule has 2 aromatic rings. The average molecular weight is 520 g/mol. The molecule has 0 unspecified atom stereocenters. The van der Waals surface area contributed by atoms with Gasteiger partial charge >= 0.3 is 0 Å². The van der Waals surface area contributed by atoms with E-state index in [1.807, 2.05) is 35.2 Å². The molecule has 10 heteroatoms. The molecule has 2 aliphatic heterocycles. The van der Waals surface area contributed by atoms with Gasteiger partial charge < -0.3 is 4.90 Å². The summed E-state index contributed by atoms with van der Waals surface area (Å²) >= 11 is 0. The standard InChI is InChI=1S/C26H21N3O5S2/c1-28-22(18-27)26-21-11-4-7-13-24(21)36(33,34)25(26)14-6-3-10-20-17-19-9-2-5-12-23(19)29(20)15-8-16-35(30,31)32/h2-7,9-14H,8,15-17H2,(H,30,31,32). The first kappa shape index (κ1) is 25.1. The number of hydrogen-bond acceptors (Lipinski definition) is 6. The van der Waals surface area contributed by atoms with E-state index in [2.05, 4.69) is 4.85 Å². The van der Waals surface area contributed by atoms with Crippen molar-refractivity contribution < 1.29 is 21.4 Å². The van der Waals surface area contributed by atoms with Crippen molar-refractivity contribution in [3.8, 4) is 6.07 Å². The van der Waals surface area contributed by atoms with Crippen molar-refractivity contribution in [1.82, 2.24) is 0 Å². The maximum atomic E-state index is 13.1. The highest BCUT2D eigenvalue weighted by Crippen LogP contribution is 2.44. The van der Waals surface area contributed by atoms with Gasteiger partial charge in [-0.1, -0.05) is 48.6 Å². The van der Waals surface area contributed by atoms with Gasteiger partial charge in [0.2, 0.25) is 9.84 Å². The Hall–Kier alpha value is -3.96. The highest BCUT2D eigenvalue weighted by atomic mass is 32.2. The fraction of sp³-hybridized carbons (Fsp3) is 0.154. The van der Waals surface area contributed by atoms with E-state index in [9.17, 15) is 22.1 Å². The van der Waals surface area contributed by atoms with Crippen molar-refractivity contribution in [3.63, 3.8) is 0 Å². The molecule has 0 amide bonds. The zero-order chi connectivity index (χ0) is 25.9. The Bertz CT molecular complexity index is 1640. The topological polar surface area (TPSA) is 120 Å². The van der Waals surface area contributed by atoms with Gasteiger partial charge in [0.15, 0.2) is 0 Å². The first-order valence-corrected chi connectivity index (χ1v) is 14.0. The number of fused-ring (bicyclic) bond motifs is 2. The molecule has 0 saturated carbocycles. The lowest BCUT2D eigenvalue weighted by Crippen LogP contribution is -2.22. The second kappa shape index (κ2) is 9.96. The van der Waals surface area contributed by atoms with E-state index in [-0.39, 0.29) is 33.2 Å². The summed E-state index contributed by atoms with van der Waals surface area (Å²) in [6, 6.07) is 15.8. The van der Waals surface area contributed by atoms with E-state index in [1.165, 1.54) is 12.1 Å². The van der Waals surface area contributed by atoms with Gasteiger partial charge in [0.25, 0.3) is 15.8 Å². The monoisotopic (exact) mass is 519 g/mol. The van der Waals surface area contributed by atoms with E-state index in [4.69, 9.17) is 11.1 Å². The van der Waals surface area contributed by atoms with Crippen LogP contribution in [0.3, 0.4) is 0 Å². The Balaban J connectivity index is 1.67. The van der Waals surface area contributed by atoms with Crippen LogP contribution in [0.5, 0.6) is 0 Å². The van der Waals surface area contributed by atoms with E-state index >= 15 is 0 Å². The molecule has 0 atom stereocenters. The molecule has 182 valence electrons. The van der Waals surface area contributed by atoms with Gasteiger partial charge in [0.05, 0.1) is 28.2 Å². The lowest BCUT2D eigenvalue weighted by molar-refractivity contribution is 0.481. The molecule has 0 saturated heterocycles. The number of nitriles is 1. The van der Waals surface area contributed by atoms with Gasteiger partial charge in [0, 0.05) is 29.9 Å². The third-order valence-corrected chi connectivity index (χ3v) is 8.53. The molecular weight excluding hydrogens is 498 g/mol. The average Bonchev–Trinajstić information content (AvgIpc) is 3.30. The minimum Gasteiger partial charge on any atom is -0.345 e. The van der Waals surface area contributed by atoms with Crippen LogP contribution in [0, 0.1) is 17.9 Å². The summed E-state index contributed by atoms with van der Waals surface area (Å²) in [4.78, 5) is 5.16. The Morgan fingerprint density at radius 3 is 2.56 bits per heavy atom. The minimum absolute atomic E-state index is 0.0608. The summed E-state index contributed by atoms with van der Waals surface area (Å²) in [6.07, 6.45) is 7.25. The van der Waals surface area contributed by atoms with Crippen LogP contribution in [0.15, 0.2) is 94.0 Å². The Morgan fingerprint density at radius 1 is 1.14 bits per heavy atom. The summed E-state index contributed by atoms with van der Waals surface area (Å²) in [5.74, 6) is -0.351. The zero-order valence-corrected chi connectivity index (χ0v) is 20.6. The SMILES string of the molecule is [C-]#[N+]C(C#N)=C1C(=CC=CC=C2Cc3ccccc3N2CCCS(=O)(=O)O)S(=O)(=O)c2ccccc21. The van der Waals surface area contributed by atoms with Crippen molar-refractivity contribution >= 4 is 31.2 Å². The first-order chi connectivity index (χ1) is 17.2. The summed E-state index contributed by atoms with van der Waals surface area (Å²) in [5.41, 5.74) is 3.03. The van der Waals surface area contributed by atoms with Crippen molar-refractivity contribution in [2.24, 2.45) is 0 Å². The molecule has 0 radical (unpaired) electrons.